The highest BCUT2D eigenvalue weighted by Crippen LogP contribution is 2.26. The molecule has 0 aliphatic carbocycles. The van der Waals surface area contributed by atoms with Crippen molar-refractivity contribution in [1.82, 2.24) is 4.90 Å². The number of hydrogen-bond donors (Lipinski definition) is 0. The molecule has 3 aromatic carbocycles. The van der Waals surface area contributed by atoms with Gasteiger partial charge in [0.15, 0.2) is 0 Å². The molecule has 0 saturated carbocycles. The molecule has 1 aromatic heterocycles. The van der Waals surface area contributed by atoms with Crippen LogP contribution in [-0.2, 0) is 6.54 Å². The molecule has 0 N–H and O–H groups in total. The van der Waals surface area contributed by atoms with Crippen molar-refractivity contribution in [1.29, 1.82) is 0 Å². The third kappa shape index (κ3) is 4.66. The Morgan fingerprint density at radius 2 is 1.62 bits per heavy atom. The zero-order valence-corrected chi connectivity index (χ0v) is 16.6. The van der Waals surface area contributed by atoms with E-state index in [1.165, 1.54) is 5.56 Å². The summed E-state index contributed by atoms with van der Waals surface area (Å²) >= 11 is 0. The lowest BCUT2D eigenvalue weighted by Gasteiger charge is -2.16. The van der Waals surface area contributed by atoms with Gasteiger partial charge in [-0.2, -0.15) is 0 Å². The molecular formula is C25H25NO3. The quantitative estimate of drug-likeness (QED) is 0.236. The first-order valence-corrected chi connectivity index (χ1v) is 10.0. The minimum absolute atomic E-state index is 0.313. The summed E-state index contributed by atoms with van der Waals surface area (Å²) in [6.45, 7) is 2.62. The maximum absolute atomic E-state index is 12.2. The van der Waals surface area contributed by atoms with Crippen LogP contribution in [-0.4, -0.2) is 25.1 Å². The summed E-state index contributed by atoms with van der Waals surface area (Å²) in [4.78, 5) is 14.5. The van der Waals surface area contributed by atoms with Crippen molar-refractivity contribution in [3.05, 3.63) is 88.8 Å². The fourth-order valence-electron chi connectivity index (χ4n) is 3.60. The summed E-state index contributed by atoms with van der Waals surface area (Å²) in [5, 5.41) is 2.44. The molecule has 0 atom stereocenters. The lowest BCUT2D eigenvalue weighted by molar-refractivity contribution is 0.276. The zero-order chi connectivity index (χ0) is 20.1. The van der Waals surface area contributed by atoms with E-state index in [-0.39, 0.29) is 5.63 Å². The van der Waals surface area contributed by atoms with Crippen LogP contribution in [0.3, 0.4) is 0 Å². The maximum Gasteiger partial charge on any atom is 0.344 e. The Hall–Kier alpha value is -3.11. The molecule has 0 amide bonds. The van der Waals surface area contributed by atoms with Crippen molar-refractivity contribution in [2.45, 2.75) is 19.4 Å². The summed E-state index contributed by atoms with van der Waals surface area (Å²) in [6, 6.07) is 23.7. The first-order valence-electron chi connectivity index (χ1n) is 10.0. The van der Waals surface area contributed by atoms with E-state index in [1.54, 1.807) is 6.07 Å². The topological polar surface area (TPSA) is 42.7 Å². The van der Waals surface area contributed by atoms with Gasteiger partial charge in [-0.3, -0.25) is 0 Å². The van der Waals surface area contributed by atoms with Crippen LogP contribution in [0.5, 0.6) is 5.75 Å². The number of ether oxygens (including phenoxy) is 1. The summed E-state index contributed by atoms with van der Waals surface area (Å²) < 4.78 is 11.4. The van der Waals surface area contributed by atoms with Gasteiger partial charge >= 0.3 is 5.63 Å². The molecule has 4 rings (SSSR count). The van der Waals surface area contributed by atoms with Crippen molar-refractivity contribution in [3.8, 4) is 5.75 Å². The van der Waals surface area contributed by atoms with Crippen molar-refractivity contribution in [2.24, 2.45) is 0 Å². The molecule has 148 valence electrons. The molecule has 0 aliphatic rings. The van der Waals surface area contributed by atoms with Gasteiger partial charge in [0.25, 0.3) is 0 Å². The van der Waals surface area contributed by atoms with Gasteiger partial charge in [0.1, 0.15) is 11.3 Å². The summed E-state index contributed by atoms with van der Waals surface area (Å²) in [5.41, 5.74) is 1.58. The Morgan fingerprint density at radius 1 is 0.862 bits per heavy atom. The van der Waals surface area contributed by atoms with E-state index in [9.17, 15) is 4.79 Å². The Kier molecular flexibility index (Phi) is 5.92. The first kappa shape index (κ1) is 19.2. The second kappa shape index (κ2) is 8.93. The van der Waals surface area contributed by atoms with Gasteiger partial charge < -0.3 is 14.1 Å². The molecule has 4 heteroatoms. The molecule has 4 nitrogen and oxygen atoms in total. The second-order valence-electron chi connectivity index (χ2n) is 7.37. The number of benzene rings is 3. The summed E-state index contributed by atoms with van der Waals surface area (Å²) in [5.74, 6) is 0.730. The highest BCUT2D eigenvalue weighted by molar-refractivity contribution is 6.04. The normalized spacial score (nSPS) is 11.4. The Labute approximate surface area is 170 Å². The smallest absolute Gasteiger partial charge is 0.344 e. The third-order valence-corrected chi connectivity index (χ3v) is 5.09. The Balaban J connectivity index is 1.31. The van der Waals surface area contributed by atoms with Crippen molar-refractivity contribution in [2.75, 3.05) is 20.2 Å². The molecule has 0 spiro atoms. The first-order chi connectivity index (χ1) is 14.2. The average molecular weight is 387 g/mol. The van der Waals surface area contributed by atoms with Crippen LogP contribution < -0.4 is 10.4 Å². The number of rotatable bonds is 8. The van der Waals surface area contributed by atoms with Crippen molar-refractivity contribution >= 4 is 21.7 Å². The standard InChI is InChI=1S/C25H25NO3/c1-26(18-19-9-3-2-4-10-19)15-7-8-16-28-20-13-14-22-21-11-5-6-12-23(21)25(27)29-24(22)17-20/h2-6,9-14,17H,7-8,15-16,18H2,1H3. The summed E-state index contributed by atoms with van der Waals surface area (Å²) in [7, 11) is 2.14. The highest BCUT2D eigenvalue weighted by atomic mass is 16.5. The van der Waals surface area contributed by atoms with E-state index in [0.29, 0.717) is 17.6 Å². The third-order valence-electron chi connectivity index (χ3n) is 5.09. The van der Waals surface area contributed by atoms with E-state index < -0.39 is 0 Å². The predicted octanol–water partition coefficient (Wildman–Crippen LogP) is 5.24. The minimum Gasteiger partial charge on any atom is -0.493 e. The lowest BCUT2D eigenvalue weighted by atomic mass is 10.1. The SMILES string of the molecule is CN(CCCCOc1ccc2c(c1)oc(=O)c1ccccc12)Cc1ccccc1. The van der Waals surface area contributed by atoms with Crippen molar-refractivity contribution < 1.29 is 9.15 Å². The van der Waals surface area contributed by atoms with E-state index in [1.807, 2.05) is 42.5 Å². The van der Waals surface area contributed by atoms with Gasteiger partial charge in [0.2, 0.25) is 0 Å². The average Bonchev–Trinajstić information content (AvgIpc) is 2.74. The van der Waals surface area contributed by atoms with Gasteiger partial charge in [-0.05, 0) is 55.6 Å². The molecule has 0 radical (unpaired) electrons. The number of hydrogen-bond acceptors (Lipinski definition) is 4. The second-order valence-corrected chi connectivity index (χ2v) is 7.37. The van der Waals surface area contributed by atoms with Crippen LogP contribution in [0.4, 0.5) is 0 Å². The molecular weight excluding hydrogens is 362 g/mol. The highest BCUT2D eigenvalue weighted by Gasteiger charge is 2.08. The summed E-state index contributed by atoms with van der Waals surface area (Å²) in [6.07, 6.45) is 2.04. The largest absolute Gasteiger partial charge is 0.493 e. The molecule has 0 unspecified atom stereocenters. The van der Waals surface area contributed by atoms with E-state index in [0.717, 1.165) is 42.5 Å². The van der Waals surface area contributed by atoms with E-state index in [4.69, 9.17) is 9.15 Å². The molecule has 0 fully saturated rings. The van der Waals surface area contributed by atoms with Gasteiger partial charge in [0, 0.05) is 18.0 Å². The molecule has 29 heavy (non-hydrogen) atoms. The molecule has 0 bridgehead atoms. The van der Waals surface area contributed by atoms with Crippen molar-refractivity contribution in [3.63, 3.8) is 0 Å². The molecule has 0 saturated heterocycles. The Morgan fingerprint density at radius 3 is 2.45 bits per heavy atom. The van der Waals surface area contributed by atoms with Gasteiger partial charge in [-0.15, -0.1) is 0 Å². The minimum atomic E-state index is -0.313. The van der Waals surface area contributed by atoms with Gasteiger partial charge in [0.05, 0.1) is 12.0 Å². The van der Waals surface area contributed by atoms with Crippen LogP contribution in [0.15, 0.2) is 82.0 Å². The Bertz CT molecular complexity index is 1150. The van der Waals surface area contributed by atoms with E-state index in [2.05, 4.69) is 36.2 Å². The molecule has 1 heterocycles. The molecule has 4 aromatic rings. The number of fused-ring (bicyclic) bond motifs is 3. The van der Waals surface area contributed by atoms with Crippen LogP contribution in [0.1, 0.15) is 18.4 Å². The maximum atomic E-state index is 12.2. The predicted molar refractivity (Wildman–Crippen MR) is 117 cm³/mol. The van der Waals surface area contributed by atoms with Gasteiger partial charge in [-0.1, -0.05) is 48.5 Å². The lowest BCUT2D eigenvalue weighted by Crippen LogP contribution is -2.19. The van der Waals surface area contributed by atoms with E-state index >= 15 is 0 Å². The molecule has 0 aliphatic heterocycles. The number of unbranched alkanes of at least 4 members (excludes halogenated alkanes) is 1. The van der Waals surface area contributed by atoms with Crippen LogP contribution in [0.25, 0.3) is 21.7 Å². The van der Waals surface area contributed by atoms with Crippen LogP contribution in [0, 0.1) is 0 Å². The fraction of sp³-hybridized carbons (Fsp3) is 0.240. The monoisotopic (exact) mass is 387 g/mol. The fourth-order valence-corrected chi connectivity index (χ4v) is 3.60. The number of nitrogens with zero attached hydrogens (tertiary/aromatic N) is 1. The van der Waals surface area contributed by atoms with Gasteiger partial charge in [-0.25, -0.2) is 4.79 Å². The van der Waals surface area contributed by atoms with Crippen LogP contribution >= 0.6 is 0 Å². The van der Waals surface area contributed by atoms with Crippen LogP contribution in [0.2, 0.25) is 0 Å². The zero-order valence-electron chi connectivity index (χ0n) is 16.6.